The summed E-state index contributed by atoms with van der Waals surface area (Å²) < 4.78 is 27.3. The van der Waals surface area contributed by atoms with Gasteiger partial charge in [0, 0.05) is 28.7 Å². The van der Waals surface area contributed by atoms with Crippen molar-refractivity contribution >= 4 is 50.7 Å². The molecule has 9 nitrogen and oxygen atoms in total. The Morgan fingerprint density at radius 1 is 1.00 bits per heavy atom. The Hall–Kier alpha value is -3.15. The molecule has 1 aliphatic heterocycles. The topological polar surface area (TPSA) is 133 Å². The van der Waals surface area contributed by atoms with E-state index in [4.69, 9.17) is 28.9 Å². The van der Waals surface area contributed by atoms with Gasteiger partial charge in [-0.1, -0.05) is 53.5 Å². The van der Waals surface area contributed by atoms with Crippen molar-refractivity contribution in [1.29, 1.82) is 0 Å². The highest BCUT2D eigenvalue weighted by Crippen LogP contribution is 2.36. The molecule has 0 bridgehead atoms. The lowest BCUT2D eigenvalue weighted by atomic mass is 9.93. The molecule has 0 spiro atoms. The highest BCUT2D eigenvalue weighted by atomic mass is 35.5. The predicted octanol–water partition coefficient (Wildman–Crippen LogP) is 3.20. The summed E-state index contributed by atoms with van der Waals surface area (Å²) in [6.07, 6.45) is -0.0817. The normalized spacial score (nSPS) is 15.8. The van der Waals surface area contributed by atoms with Crippen molar-refractivity contribution in [2.24, 2.45) is 5.73 Å². The lowest BCUT2D eigenvalue weighted by Crippen LogP contribution is -2.61. The molecule has 2 amide bonds. The Balaban J connectivity index is 1.59. The molecule has 0 saturated carbocycles. The third-order valence-electron chi connectivity index (χ3n) is 6.75. The van der Waals surface area contributed by atoms with Gasteiger partial charge >= 0.3 is 0 Å². The van der Waals surface area contributed by atoms with Crippen molar-refractivity contribution < 1.29 is 23.1 Å². The second kappa shape index (κ2) is 12.2. The van der Waals surface area contributed by atoms with Gasteiger partial charge < -0.3 is 16.2 Å². The van der Waals surface area contributed by atoms with Crippen LogP contribution in [0.4, 0.5) is 5.69 Å². The molecule has 1 aliphatic rings. The van der Waals surface area contributed by atoms with Crippen LogP contribution in [0.25, 0.3) is 0 Å². The number of nitrogens with zero attached hydrogens (tertiary/aromatic N) is 2. The van der Waals surface area contributed by atoms with E-state index in [0.717, 1.165) is 17.4 Å². The largest absolute Gasteiger partial charge is 0.391 e. The van der Waals surface area contributed by atoms with Gasteiger partial charge in [0.1, 0.15) is 6.04 Å². The van der Waals surface area contributed by atoms with Crippen molar-refractivity contribution in [3.8, 4) is 0 Å². The summed E-state index contributed by atoms with van der Waals surface area (Å²) >= 11 is 12.2. The first-order valence-electron chi connectivity index (χ1n) is 12.5. The van der Waals surface area contributed by atoms with Crippen molar-refractivity contribution in [2.75, 3.05) is 23.7 Å². The zero-order chi connectivity index (χ0) is 29.2. The quantitative estimate of drug-likeness (QED) is 0.325. The van der Waals surface area contributed by atoms with E-state index in [1.54, 1.807) is 12.1 Å². The van der Waals surface area contributed by atoms with Gasteiger partial charge in [0.15, 0.2) is 0 Å². The Morgan fingerprint density at radius 2 is 1.52 bits per heavy atom. The van der Waals surface area contributed by atoms with Gasteiger partial charge in [0.25, 0.3) is 5.91 Å². The van der Waals surface area contributed by atoms with Crippen molar-refractivity contribution in [3.05, 3.63) is 99.5 Å². The van der Waals surface area contributed by atoms with Gasteiger partial charge in [-0.3, -0.25) is 18.8 Å². The number of rotatable bonds is 10. The number of hydrogen-bond donors (Lipinski definition) is 3. The number of benzene rings is 3. The Kier molecular flexibility index (Phi) is 9.06. The summed E-state index contributed by atoms with van der Waals surface area (Å²) in [6, 6.07) is 19.3. The number of sulfonamides is 1. The van der Waals surface area contributed by atoms with Crippen molar-refractivity contribution in [2.45, 2.75) is 31.2 Å². The predicted molar refractivity (Wildman–Crippen MR) is 156 cm³/mol. The Morgan fingerprint density at radius 3 is 1.98 bits per heavy atom. The van der Waals surface area contributed by atoms with E-state index in [2.05, 4.69) is 10.2 Å². The number of likely N-dealkylation sites (tertiary alicyclic amines) is 1. The second-order valence-corrected chi connectivity index (χ2v) is 12.5. The first kappa shape index (κ1) is 29.8. The van der Waals surface area contributed by atoms with Gasteiger partial charge in [0.2, 0.25) is 15.9 Å². The maximum atomic E-state index is 13.0. The van der Waals surface area contributed by atoms with Crippen LogP contribution in [0.5, 0.6) is 0 Å². The monoisotopic (exact) mass is 604 g/mol. The Labute approximate surface area is 243 Å². The van der Waals surface area contributed by atoms with E-state index >= 15 is 0 Å². The summed E-state index contributed by atoms with van der Waals surface area (Å²) in [5.41, 5.74) is 7.70. The maximum Gasteiger partial charge on any atom is 0.252 e. The molecule has 4 rings (SSSR count). The molecule has 212 valence electrons. The molecule has 12 heteroatoms. The van der Waals surface area contributed by atoms with Gasteiger partial charge in [-0.05, 0) is 60.5 Å². The number of hydrogen-bond acceptors (Lipinski definition) is 6. The van der Waals surface area contributed by atoms with Gasteiger partial charge in [0.05, 0.1) is 30.1 Å². The minimum absolute atomic E-state index is 0.120. The SMILES string of the molecule is C[C@@H](O)[C@H](NC(=O)c1cccc(N(C2CN(C(c3ccc(Cl)cc3)c3ccc(Cl)cc3)C2)S(C)(=O)=O)c1)C(N)=O. The molecule has 1 fully saturated rings. The first-order chi connectivity index (χ1) is 18.8. The number of aliphatic hydroxyl groups excluding tert-OH is 1. The van der Waals surface area contributed by atoms with Crippen LogP contribution in [0.2, 0.25) is 10.0 Å². The first-order valence-corrected chi connectivity index (χ1v) is 15.1. The van der Waals surface area contributed by atoms with Crippen LogP contribution < -0.4 is 15.4 Å². The molecule has 0 unspecified atom stereocenters. The molecule has 3 aromatic rings. The number of nitrogens with two attached hydrogens (primary N) is 1. The summed E-state index contributed by atoms with van der Waals surface area (Å²) in [6.45, 7) is 2.18. The lowest BCUT2D eigenvalue weighted by molar-refractivity contribution is -0.122. The van der Waals surface area contributed by atoms with Crippen LogP contribution in [-0.2, 0) is 14.8 Å². The highest BCUT2D eigenvalue weighted by molar-refractivity contribution is 7.92. The highest BCUT2D eigenvalue weighted by Gasteiger charge is 2.41. The molecule has 1 saturated heterocycles. The van der Waals surface area contributed by atoms with Crippen LogP contribution >= 0.6 is 23.2 Å². The summed E-state index contributed by atoms with van der Waals surface area (Å²) in [5.74, 6) is -1.55. The van der Waals surface area contributed by atoms with E-state index in [-0.39, 0.29) is 11.6 Å². The van der Waals surface area contributed by atoms with E-state index in [1.807, 2.05) is 48.5 Å². The molecule has 40 heavy (non-hydrogen) atoms. The zero-order valence-corrected chi connectivity index (χ0v) is 24.2. The molecular weight excluding hydrogens is 575 g/mol. The number of aliphatic hydroxyl groups is 1. The average molecular weight is 606 g/mol. The van der Waals surface area contributed by atoms with Crippen LogP contribution in [0, 0.1) is 0 Å². The fourth-order valence-corrected chi connectivity index (χ4v) is 6.29. The summed E-state index contributed by atoms with van der Waals surface area (Å²) in [5, 5.41) is 13.4. The summed E-state index contributed by atoms with van der Waals surface area (Å²) in [4.78, 5) is 26.6. The van der Waals surface area contributed by atoms with Gasteiger partial charge in [-0.25, -0.2) is 8.42 Å². The van der Waals surface area contributed by atoms with Crippen LogP contribution in [-0.4, -0.2) is 67.8 Å². The Bertz CT molecular complexity index is 1430. The second-order valence-electron chi connectivity index (χ2n) is 9.82. The van der Waals surface area contributed by atoms with Crippen LogP contribution in [0.3, 0.4) is 0 Å². The van der Waals surface area contributed by atoms with Gasteiger partial charge in [-0.15, -0.1) is 0 Å². The fraction of sp³-hybridized carbons (Fsp3) is 0.286. The van der Waals surface area contributed by atoms with E-state index in [1.165, 1.54) is 23.4 Å². The van der Waals surface area contributed by atoms with Gasteiger partial charge in [-0.2, -0.15) is 0 Å². The number of carbonyl (C=O) groups is 2. The molecule has 0 radical (unpaired) electrons. The maximum absolute atomic E-state index is 13.0. The summed E-state index contributed by atoms with van der Waals surface area (Å²) in [7, 11) is -3.73. The molecule has 0 aromatic heterocycles. The molecule has 4 N–H and O–H groups in total. The fourth-order valence-electron chi connectivity index (χ4n) is 4.86. The number of primary amides is 1. The number of nitrogens with one attached hydrogen (secondary N) is 1. The van der Waals surface area contributed by atoms with E-state index in [0.29, 0.717) is 28.8 Å². The standard InChI is InChI=1S/C28H30Cl2N4O5S/c1-17(35)25(27(31)36)32-28(37)20-4-3-5-23(14-20)34(40(2,38)39)24-15-33(16-24)26(18-6-10-21(29)11-7-18)19-8-12-22(30)13-9-19/h3-14,17,24-26,35H,15-16H2,1-2H3,(H2,31,36)(H,32,37)/t17-,25+/m1/s1. The third kappa shape index (κ3) is 6.76. The van der Waals surface area contributed by atoms with Crippen LogP contribution in [0.1, 0.15) is 34.5 Å². The minimum atomic E-state index is -3.73. The molecule has 3 aromatic carbocycles. The van der Waals surface area contributed by atoms with E-state index in [9.17, 15) is 23.1 Å². The third-order valence-corrected chi connectivity index (χ3v) is 8.48. The van der Waals surface area contributed by atoms with Crippen molar-refractivity contribution in [1.82, 2.24) is 10.2 Å². The van der Waals surface area contributed by atoms with E-state index < -0.39 is 40.0 Å². The number of halogens is 2. The molecule has 1 heterocycles. The number of amides is 2. The molecule has 2 atom stereocenters. The minimum Gasteiger partial charge on any atom is -0.391 e. The molecule has 0 aliphatic carbocycles. The van der Waals surface area contributed by atoms with Crippen molar-refractivity contribution in [3.63, 3.8) is 0 Å². The zero-order valence-electron chi connectivity index (χ0n) is 21.9. The lowest BCUT2D eigenvalue weighted by Gasteiger charge is -2.48. The number of anilines is 1. The number of carbonyl (C=O) groups excluding carboxylic acids is 2. The molecular formula is C28H30Cl2N4O5S. The van der Waals surface area contributed by atoms with Crippen LogP contribution in [0.15, 0.2) is 72.8 Å². The smallest absolute Gasteiger partial charge is 0.252 e. The average Bonchev–Trinajstić information content (AvgIpc) is 2.86.